The summed E-state index contributed by atoms with van der Waals surface area (Å²) in [6, 6.07) is 11.8. The van der Waals surface area contributed by atoms with Gasteiger partial charge in [0.2, 0.25) is 5.91 Å². The van der Waals surface area contributed by atoms with Crippen molar-refractivity contribution < 1.29 is 18.0 Å². The number of sulfone groups is 1. The maximum atomic E-state index is 12.7. The summed E-state index contributed by atoms with van der Waals surface area (Å²) in [4.78, 5) is 27.8. The first-order valence-corrected chi connectivity index (χ1v) is 15.0. The normalized spacial score (nSPS) is 20.2. The van der Waals surface area contributed by atoms with Crippen molar-refractivity contribution in [1.29, 1.82) is 0 Å². The van der Waals surface area contributed by atoms with Gasteiger partial charge in [0.25, 0.3) is 5.91 Å². The summed E-state index contributed by atoms with van der Waals surface area (Å²) in [5.41, 5.74) is 2.16. The van der Waals surface area contributed by atoms with Crippen LogP contribution in [0.1, 0.15) is 48.5 Å². The van der Waals surface area contributed by atoms with Gasteiger partial charge in [-0.05, 0) is 68.6 Å². The first-order chi connectivity index (χ1) is 17.2. The summed E-state index contributed by atoms with van der Waals surface area (Å²) in [6.45, 7) is 4.94. The van der Waals surface area contributed by atoms with Crippen molar-refractivity contribution in [2.24, 2.45) is 0 Å². The van der Waals surface area contributed by atoms with Crippen molar-refractivity contribution in [3.05, 3.63) is 58.1 Å². The maximum Gasteiger partial charge on any atom is 0.251 e. The number of carbonyl (C=O) groups excluding carboxylic acids is 2. The fourth-order valence-corrected chi connectivity index (χ4v) is 6.77. The van der Waals surface area contributed by atoms with Crippen LogP contribution in [0, 0.1) is 0 Å². The van der Waals surface area contributed by atoms with Gasteiger partial charge < -0.3 is 20.9 Å². The van der Waals surface area contributed by atoms with Crippen molar-refractivity contribution >= 4 is 49.0 Å². The first-order valence-electron chi connectivity index (χ1n) is 12.4. The predicted octanol–water partition coefficient (Wildman–Crippen LogP) is 3.79. The molecule has 10 heteroatoms. The Morgan fingerprint density at radius 2 is 2.00 bits per heavy atom. The van der Waals surface area contributed by atoms with Gasteiger partial charge in [0, 0.05) is 29.2 Å². The van der Waals surface area contributed by atoms with Crippen LogP contribution in [0.5, 0.6) is 0 Å². The first kappa shape index (κ1) is 26.6. The summed E-state index contributed by atoms with van der Waals surface area (Å²) in [5, 5.41) is 8.73. The number of halogens is 1. The molecule has 2 heterocycles. The Labute approximate surface area is 221 Å². The highest BCUT2D eigenvalue weighted by Gasteiger charge is 2.30. The number of fused-ring (bicyclic) bond motifs is 1. The molecule has 2 aliphatic heterocycles. The second kappa shape index (κ2) is 11.7. The molecule has 2 amide bonds. The summed E-state index contributed by atoms with van der Waals surface area (Å²) < 4.78 is 26.3. The van der Waals surface area contributed by atoms with Crippen molar-refractivity contribution in [3.63, 3.8) is 0 Å². The van der Waals surface area contributed by atoms with E-state index >= 15 is 0 Å². The molecule has 0 aliphatic carbocycles. The monoisotopic (exact) mass is 576 g/mol. The molecule has 194 valence electrons. The van der Waals surface area contributed by atoms with Crippen LogP contribution in [0.25, 0.3) is 0 Å². The number of likely N-dealkylation sites (tertiary alicyclic amines) is 1. The van der Waals surface area contributed by atoms with Gasteiger partial charge in [-0.3, -0.25) is 9.59 Å². The number of benzene rings is 2. The lowest BCUT2D eigenvalue weighted by Gasteiger charge is -2.33. The topological polar surface area (TPSA) is 108 Å². The minimum absolute atomic E-state index is 0.152. The van der Waals surface area contributed by atoms with Crippen molar-refractivity contribution in [2.45, 2.75) is 50.4 Å². The van der Waals surface area contributed by atoms with E-state index in [2.05, 4.69) is 43.7 Å². The molecule has 0 radical (unpaired) electrons. The molecule has 8 nitrogen and oxygen atoms in total. The largest absolute Gasteiger partial charge is 0.371 e. The van der Waals surface area contributed by atoms with Crippen LogP contribution in [-0.2, 0) is 20.4 Å². The predicted molar refractivity (Wildman–Crippen MR) is 146 cm³/mol. The molecule has 0 spiro atoms. The number of carbonyl (C=O) groups is 2. The quantitative estimate of drug-likeness (QED) is 0.392. The average molecular weight is 578 g/mol. The third-order valence-corrected chi connectivity index (χ3v) is 8.84. The second-order valence-electron chi connectivity index (χ2n) is 9.62. The number of hydrogen-bond acceptors (Lipinski definition) is 6. The Kier molecular flexibility index (Phi) is 8.69. The van der Waals surface area contributed by atoms with Crippen LogP contribution in [0.4, 0.5) is 11.4 Å². The highest BCUT2D eigenvalue weighted by Crippen LogP contribution is 2.28. The SMILES string of the molecule is CC1CCCCN1CCCNC(=O)c1ccc2c(c1)NC(=O)C(CS(=O)(=O)Cc1cccc(Br)c1)N2. The molecule has 2 aliphatic rings. The molecule has 1 fully saturated rings. The average Bonchev–Trinajstić information content (AvgIpc) is 2.82. The van der Waals surface area contributed by atoms with Gasteiger partial charge in [0.15, 0.2) is 9.84 Å². The standard InChI is InChI=1S/C26H33BrN4O4S/c1-18-6-2-3-12-31(18)13-5-11-28-25(32)20-9-10-22-23(15-20)30-26(33)24(29-22)17-36(34,35)16-19-7-4-8-21(27)14-19/h4,7-10,14-15,18,24,29H,2-3,5-6,11-13,16-17H2,1H3,(H,28,32)(H,30,33). The lowest BCUT2D eigenvalue weighted by Crippen LogP contribution is -2.43. The molecule has 4 rings (SSSR count). The van der Waals surface area contributed by atoms with E-state index in [1.165, 1.54) is 19.3 Å². The van der Waals surface area contributed by atoms with Crippen LogP contribution < -0.4 is 16.0 Å². The third-order valence-electron chi connectivity index (χ3n) is 6.73. The highest BCUT2D eigenvalue weighted by molar-refractivity contribution is 9.10. The minimum atomic E-state index is -3.54. The minimum Gasteiger partial charge on any atom is -0.371 e. The fraction of sp³-hybridized carbons (Fsp3) is 0.462. The molecule has 2 atom stereocenters. The molecular formula is C26H33BrN4O4S. The van der Waals surface area contributed by atoms with E-state index < -0.39 is 21.8 Å². The number of nitrogens with zero attached hydrogens (tertiary/aromatic N) is 1. The molecule has 0 aromatic heterocycles. The smallest absolute Gasteiger partial charge is 0.251 e. The Balaban J connectivity index is 1.30. The Bertz CT molecular complexity index is 1220. The summed E-state index contributed by atoms with van der Waals surface area (Å²) in [6.07, 6.45) is 4.65. The highest BCUT2D eigenvalue weighted by atomic mass is 79.9. The van der Waals surface area contributed by atoms with E-state index in [-0.39, 0.29) is 17.4 Å². The molecule has 3 N–H and O–H groups in total. The molecule has 0 bridgehead atoms. The zero-order valence-electron chi connectivity index (χ0n) is 20.4. The van der Waals surface area contributed by atoms with Gasteiger partial charge in [-0.2, -0.15) is 0 Å². The summed E-state index contributed by atoms with van der Waals surface area (Å²) >= 11 is 3.35. The molecule has 0 saturated carbocycles. The summed E-state index contributed by atoms with van der Waals surface area (Å²) in [5.74, 6) is -1.12. The zero-order valence-corrected chi connectivity index (χ0v) is 22.8. The van der Waals surface area contributed by atoms with E-state index in [9.17, 15) is 18.0 Å². The van der Waals surface area contributed by atoms with E-state index in [0.29, 0.717) is 35.1 Å². The lowest BCUT2D eigenvalue weighted by molar-refractivity contribution is -0.116. The van der Waals surface area contributed by atoms with Crippen LogP contribution in [-0.4, -0.2) is 62.6 Å². The number of nitrogens with one attached hydrogen (secondary N) is 3. The van der Waals surface area contributed by atoms with E-state index in [1.807, 2.05) is 6.07 Å². The fourth-order valence-electron chi connectivity index (χ4n) is 4.77. The van der Waals surface area contributed by atoms with Gasteiger partial charge >= 0.3 is 0 Å². The van der Waals surface area contributed by atoms with Crippen LogP contribution in [0.15, 0.2) is 46.9 Å². The molecule has 2 unspecified atom stereocenters. The van der Waals surface area contributed by atoms with E-state index in [0.717, 1.165) is 24.0 Å². The van der Waals surface area contributed by atoms with Crippen LogP contribution in [0.2, 0.25) is 0 Å². The van der Waals surface area contributed by atoms with Crippen molar-refractivity contribution in [2.75, 3.05) is 36.0 Å². The lowest BCUT2D eigenvalue weighted by atomic mass is 10.0. The van der Waals surface area contributed by atoms with Crippen molar-refractivity contribution in [3.8, 4) is 0 Å². The molecule has 1 saturated heterocycles. The van der Waals surface area contributed by atoms with Crippen LogP contribution >= 0.6 is 15.9 Å². The van der Waals surface area contributed by atoms with Gasteiger partial charge in [-0.15, -0.1) is 0 Å². The Morgan fingerprint density at radius 3 is 2.78 bits per heavy atom. The molecule has 2 aromatic carbocycles. The van der Waals surface area contributed by atoms with Gasteiger partial charge in [0.1, 0.15) is 6.04 Å². The Morgan fingerprint density at radius 1 is 1.17 bits per heavy atom. The van der Waals surface area contributed by atoms with Gasteiger partial charge in [-0.1, -0.05) is 34.5 Å². The van der Waals surface area contributed by atoms with Gasteiger partial charge in [-0.25, -0.2) is 8.42 Å². The summed E-state index contributed by atoms with van der Waals surface area (Å²) in [7, 11) is -3.54. The van der Waals surface area contributed by atoms with Crippen LogP contribution in [0.3, 0.4) is 0 Å². The number of hydrogen-bond donors (Lipinski definition) is 3. The number of anilines is 2. The molecule has 36 heavy (non-hydrogen) atoms. The van der Waals surface area contributed by atoms with E-state index in [1.54, 1.807) is 36.4 Å². The number of rotatable bonds is 9. The van der Waals surface area contributed by atoms with Gasteiger partial charge in [0.05, 0.1) is 22.9 Å². The maximum absolute atomic E-state index is 12.7. The number of amides is 2. The van der Waals surface area contributed by atoms with Crippen molar-refractivity contribution in [1.82, 2.24) is 10.2 Å². The third kappa shape index (κ3) is 7.08. The number of piperidine rings is 1. The molecule has 2 aromatic rings. The van der Waals surface area contributed by atoms with E-state index in [4.69, 9.17) is 0 Å². The second-order valence-corrected chi connectivity index (χ2v) is 12.6. The molecular weight excluding hydrogens is 544 g/mol. The Hall–Kier alpha value is -2.43. The zero-order chi connectivity index (χ0) is 25.7.